The van der Waals surface area contributed by atoms with E-state index in [0.29, 0.717) is 0 Å². The molecule has 0 amide bonds. The summed E-state index contributed by atoms with van der Waals surface area (Å²) in [7, 11) is 0. The molecule has 1 aromatic rings. The molecule has 0 unspecified atom stereocenters. The zero-order chi connectivity index (χ0) is 6.53. The minimum absolute atomic E-state index is 1.17. The molecule has 9 heavy (non-hydrogen) atoms. The molecule has 0 saturated heterocycles. The first-order valence-corrected chi connectivity index (χ1v) is 9.46. The molecule has 0 aliphatic carbocycles. The van der Waals surface area contributed by atoms with Crippen LogP contribution in [0.25, 0.3) is 0 Å². The molecule has 0 bridgehead atoms. The molecule has 1 rings (SSSR count). The molecule has 0 fully saturated rings. The zero-order valence-corrected chi connectivity index (χ0v) is 9.69. The summed E-state index contributed by atoms with van der Waals surface area (Å²) >= 11 is 1.35. The summed E-state index contributed by atoms with van der Waals surface area (Å²) in [6, 6.07) is 12.0. The fraction of sp³-hybridized carbons (Fsp3) is 0.143. The van der Waals surface area contributed by atoms with Gasteiger partial charge in [-0.05, 0) is 0 Å². The molecule has 41 valence electrons. The quantitative estimate of drug-likeness (QED) is 0.723. The van der Waals surface area contributed by atoms with Gasteiger partial charge in [0.2, 0.25) is 0 Å². The molecule has 1 radical (unpaired) electrons. The zero-order valence-electron chi connectivity index (χ0n) is 5.09. The van der Waals surface area contributed by atoms with Crippen LogP contribution in [0.4, 0.5) is 0 Å². The third kappa shape index (κ3) is 2.58. The van der Waals surface area contributed by atoms with Crippen molar-refractivity contribution >= 4 is 6.22 Å². The van der Waals surface area contributed by atoms with E-state index in [2.05, 4.69) is 30.3 Å². The van der Waals surface area contributed by atoms with Crippen LogP contribution in [0.1, 0.15) is 5.56 Å². The van der Waals surface area contributed by atoms with Crippen molar-refractivity contribution in [3.05, 3.63) is 35.9 Å². The van der Waals surface area contributed by atoms with Crippen LogP contribution in [-0.4, -0.2) is 6.22 Å². The molecule has 0 saturated carbocycles. The van der Waals surface area contributed by atoms with Crippen molar-refractivity contribution in [3.8, 4) is 0 Å². The van der Waals surface area contributed by atoms with Gasteiger partial charge in [-0.15, -0.1) is 0 Å². The molecule has 1 aromatic carbocycles. The van der Waals surface area contributed by atoms with Crippen molar-refractivity contribution in [1.29, 1.82) is 0 Å². The Labute approximate surface area is 71.0 Å². The second kappa shape index (κ2) is 4.18. The van der Waals surface area contributed by atoms with Gasteiger partial charge in [0.1, 0.15) is 0 Å². The van der Waals surface area contributed by atoms with E-state index >= 15 is 0 Å². The molecule has 0 aromatic heterocycles. The minimum atomic E-state index is 1.17. The summed E-state index contributed by atoms with van der Waals surface area (Å²) in [4.78, 5) is 0. The monoisotopic (exact) mass is 299 g/mol. The Bertz CT molecular complexity index is 183. The van der Waals surface area contributed by atoms with Crippen LogP contribution in [0, 0.1) is 0 Å². The average molecular weight is 298 g/mol. The van der Waals surface area contributed by atoms with E-state index in [1.807, 2.05) is 0 Å². The maximum absolute atomic E-state index is 2.20. The van der Waals surface area contributed by atoms with E-state index in [9.17, 15) is 0 Å². The van der Waals surface area contributed by atoms with Gasteiger partial charge < -0.3 is 0 Å². The van der Waals surface area contributed by atoms with Gasteiger partial charge in [-0.2, -0.15) is 0 Å². The number of benzene rings is 1. The molecule has 0 nitrogen and oxygen atoms in total. The van der Waals surface area contributed by atoms with Crippen LogP contribution >= 0.6 is 0 Å². The van der Waals surface area contributed by atoms with Crippen LogP contribution < -0.4 is 0 Å². The van der Waals surface area contributed by atoms with Gasteiger partial charge in [-0.3, -0.25) is 0 Å². The van der Waals surface area contributed by atoms with Gasteiger partial charge >= 0.3 is 71.2 Å². The Morgan fingerprint density at radius 2 is 1.89 bits per heavy atom. The molecule has 2 heteroatoms. The van der Waals surface area contributed by atoms with Crippen molar-refractivity contribution in [2.75, 3.05) is 0 Å². The fourth-order valence-corrected chi connectivity index (χ4v) is 3.34. The summed E-state index contributed by atoms with van der Waals surface area (Å²) in [5, 5.41) is 0. The molecular formula is C7H7HfSi+2. The van der Waals surface area contributed by atoms with E-state index in [-0.39, 0.29) is 0 Å². The molecule has 0 aliphatic heterocycles. The van der Waals surface area contributed by atoms with Crippen molar-refractivity contribution in [2.45, 2.75) is 6.04 Å². The topological polar surface area (TPSA) is 0 Å². The van der Waals surface area contributed by atoms with E-state index in [1.54, 1.807) is 0 Å². The first-order valence-electron chi connectivity index (χ1n) is 2.87. The average Bonchev–Trinajstić information content (AvgIpc) is 1.91. The standard InChI is InChI=1S/C7H7Si.Hf/c8-6-7-4-2-1-3-5-7;/h1-5H,6H2;/q;+2. The number of hydrogen-bond donors (Lipinski definition) is 0. The van der Waals surface area contributed by atoms with Crippen LogP contribution in [0.3, 0.4) is 0 Å². The summed E-state index contributed by atoms with van der Waals surface area (Å²) < 4.78 is 0. The summed E-state index contributed by atoms with van der Waals surface area (Å²) in [6.45, 7) is 0. The number of hydrogen-bond acceptors (Lipinski definition) is 0. The van der Waals surface area contributed by atoms with Crippen LogP contribution in [0.2, 0.25) is 0 Å². The Morgan fingerprint density at radius 3 is 2.44 bits per heavy atom. The predicted octanol–water partition coefficient (Wildman–Crippen LogP) is 1.35. The third-order valence-electron chi connectivity index (χ3n) is 1.14. The molecule has 0 N–H and O–H groups in total. The second-order valence-electron chi connectivity index (χ2n) is 1.84. The molecule has 0 spiro atoms. The Hall–Kier alpha value is 0.307. The van der Waals surface area contributed by atoms with Crippen molar-refractivity contribution in [3.63, 3.8) is 0 Å². The van der Waals surface area contributed by atoms with Crippen LogP contribution in [-0.2, 0) is 29.0 Å². The van der Waals surface area contributed by atoms with Gasteiger partial charge in [0.25, 0.3) is 0 Å². The predicted molar refractivity (Wildman–Crippen MR) is 35.9 cm³/mol. The van der Waals surface area contributed by atoms with Crippen LogP contribution in [0.5, 0.6) is 0 Å². The van der Waals surface area contributed by atoms with Crippen molar-refractivity contribution in [2.24, 2.45) is 0 Å². The van der Waals surface area contributed by atoms with Gasteiger partial charge in [-0.25, -0.2) is 0 Å². The van der Waals surface area contributed by atoms with Crippen molar-refractivity contribution in [1.82, 2.24) is 0 Å². The molecular weight excluding hydrogens is 291 g/mol. The van der Waals surface area contributed by atoms with Crippen molar-refractivity contribution < 1.29 is 23.0 Å². The normalized spacial score (nSPS) is 9.11. The first-order chi connectivity index (χ1) is 4.43. The second-order valence-corrected chi connectivity index (χ2v) is 6.36. The van der Waals surface area contributed by atoms with E-state index in [1.165, 1.54) is 40.8 Å². The summed E-state index contributed by atoms with van der Waals surface area (Å²) in [6.07, 6.45) is 1.17. The van der Waals surface area contributed by atoms with Gasteiger partial charge in [0.15, 0.2) is 0 Å². The molecule has 0 heterocycles. The van der Waals surface area contributed by atoms with E-state index in [4.69, 9.17) is 0 Å². The number of rotatable bonds is 2. The molecule has 0 aliphatic rings. The third-order valence-corrected chi connectivity index (χ3v) is 3.63. The SMILES string of the molecule is [Hf+2]=[Si]Cc1ccccc1. The summed E-state index contributed by atoms with van der Waals surface area (Å²) in [5.41, 5.74) is 1.49. The van der Waals surface area contributed by atoms with Gasteiger partial charge in [0, 0.05) is 0 Å². The van der Waals surface area contributed by atoms with Crippen LogP contribution in [0.15, 0.2) is 30.3 Å². The Kier molecular flexibility index (Phi) is 3.44. The maximum atomic E-state index is 2.20. The molecule has 0 atom stereocenters. The Morgan fingerprint density at radius 1 is 1.22 bits per heavy atom. The van der Waals surface area contributed by atoms with E-state index in [0.717, 1.165) is 0 Å². The fourth-order valence-electron chi connectivity index (χ4n) is 0.698. The van der Waals surface area contributed by atoms with Gasteiger partial charge in [0.05, 0.1) is 0 Å². The Balaban J connectivity index is 2.72. The van der Waals surface area contributed by atoms with E-state index < -0.39 is 0 Å². The van der Waals surface area contributed by atoms with Gasteiger partial charge in [-0.1, -0.05) is 0 Å². The first kappa shape index (κ1) is 7.41. The summed E-state index contributed by atoms with van der Waals surface area (Å²) in [5.74, 6) is 0.